The summed E-state index contributed by atoms with van der Waals surface area (Å²) in [5.41, 5.74) is 9.12. The summed E-state index contributed by atoms with van der Waals surface area (Å²) in [7, 11) is -2.12. The lowest BCUT2D eigenvalue weighted by Crippen LogP contribution is -2.19. The number of nitrogens with two attached hydrogens (primary N) is 1. The minimum absolute atomic E-state index is 0.235. The van der Waals surface area contributed by atoms with E-state index in [-0.39, 0.29) is 4.90 Å². The quantitative estimate of drug-likeness (QED) is 0.849. The standard InChI is InChI=1S/C15H18N2O2S/c1-3-11-8-9-12(14(16)10-11)13-6-4-5-7-15(13)20(18,19)17-2/h4-10,17H,3,16H2,1-2H3. The number of benzene rings is 2. The molecule has 0 bridgehead atoms. The Morgan fingerprint density at radius 1 is 1.10 bits per heavy atom. The molecule has 2 aromatic carbocycles. The Bertz CT molecular complexity index is 724. The monoisotopic (exact) mass is 290 g/mol. The average molecular weight is 290 g/mol. The minimum Gasteiger partial charge on any atom is -0.398 e. The first-order valence-corrected chi connectivity index (χ1v) is 7.89. The van der Waals surface area contributed by atoms with Gasteiger partial charge in [0.1, 0.15) is 0 Å². The zero-order chi connectivity index (χ0) is 14.8. The molecule has 106 valence electrons. The van der Waals surface area contributed by atoms with Crippen molar-refractivity contribution in [3.05, 3.63) is 48.0 Å². The van der Waals surface area contributed by atoms with Gasteiger partial charge in [-0.2, -0.15) is 0 Å². The number of aryl methyl sites for hydroxylation is 1. The second-order valence-corrected chi connectivity index (χ2v) is 6.33. The van der Waals surface area contributed by atoms with Crippen LogP contribution in [0.2, 0.25) is 0 Å². The molecule has 0 spiro atoms. The first-order chi connectivity index (χ1) is 9.49. The number of hydrogen-bond donors (Lipinski definition) is 2. The molecule has 4 nitrogen and oxygen atoms in total. The van der Waals surface area contributed by atoms with Crippen LogP contribution in [0.1, 0.15) is 12.5 Å². The van der Waals surface area contributed by atoms with Crippen LogP contribution in [-0.2, 0) is 16.4 Å². The van der Waals surface area contributed by atoms with Crippen molar-refractivity contribution in [2.24, 2.45) is 0 Å². The van der Waals surface area contributed by atoms with Crippen LogP contribution in [0.4, 0.5) is 5.69 Å². The van der Waals surface area contributed by atoms with Crippen molar-refractivity contribution in [1.82, 2.24) is 4.72 Å². The van der Waals surface area contributed by atoms with Crippen LogP contribution >= 0.6 is 0 Å². The molecule has 0 unspecified atom stereocenters. The van der Waals surface area contributed by atoms with E-state index in [9.17, 15) is 8.42 Å². The maximum Gasteiger partial charge on any atom is 0.240 e. The Morgan fingerprint density at radius 2 is 1.80 bits per heavy atom. The molecule has 0 heterocycles. The third kappa shape index (κ3) is 2.69. The number of hydrogen-bond acceptors (Lipinski definition) is 3. The molecule has 0 aliphatic carbocycles. The van der Waals surface area contributed by atoms with Gasteiger partial charge in [-0.15, -0.1) is 0 Å². The van der Waals surface area contributed by atoms with Crippen molar-refractivity contribution < 1.29 is 8.42 Å². The van der Waals surface area contributed by atoms with E-state index in [1.807, 2.05) is 25.1 Å². The van der Waals surface area contributed by atoms with Crippen molar-refractivity contribution in [1.29, 1.82) is 0 Å². The Labute approximate surface area is 119 Å². The number of anilines is 1. The van der Waals surface area contributed by atoms with Crippen molar-refractivity contribution >= 4 is 15.7 Å². The highest BCUT2D eigenvalue weighted by Crippen LogP contribution is 2.32. The van der Waals surface area contributed by atoms with E-state index >= 15 is 0 Å². The van der Waals surface area contributed by atoms with E-state index in [0.29, 0.717) is 11.3 Å². The van der Waals surface area contributed by atoms with Gasteiger partial charge in [-0.25, -0.2) is 13.1 Å². The van der Waals surface area contributed by atoms with E-state index in [0.717, 1.165) is 17.5 Å². The van der Waals surface area contributed by atoms with Gasteiger partial charge in [-0.3, -0.25) is 0 Å². The van der Waals surface area contributed by atoms with Gasteiger partial charge < -0.3 is 5.73 Å². The first kappa shape index (κ1) is 14.6. The van der Waals surface area contributed by atoms with Gasteiger partial charge >= 0.3 is 0 Å². The van der Waals surface area contributed by atoms with Crippen molar-refractivity contribution in [3.63, 3.8) is 0 Å². The highest BCUT2D eigenvalue weighted by Gasteiger charge is 2.18. The maximum atomic E-state index is 12.1. The van der Waals surface area contributed by atoms with E-state index in [1.54, 1.807) is 24.3 Å². The molecule has 0 aliphatic rings. The molecule has 0 amide bonds. The molecular weight excluding hydrogens is 272 g/mol. The molecule has 0 aromatic heterocycles. The second-order valence-electron chi connectivity index (χ2n) is 4.48. The van der Waals surface area contributed by atoms with E-state index in [4.69, 9.17) is 5.73 Å². The third-order valence-corrected chi connectivity index (χ3v) is 4.73. The van der Waals surface area contributed by atoms with Gasteiger partial charge in [0.05, 0.1) is 4.90 Å². The van der Waals surface area contributed by atoms with Crippen LogP contribution in [0.3, 0.4) is 0 Å². The number of sulfonamides is 1. The topological polar surface area (TPSA) is 72.2 Å². The summed E-state index contributed by atoms with van der Waals surface area (Å²) in [6.45, 7) is 2.05. The predicted molar refractivity (Wildman–Crippen MR) is 81.9 cm³/mol. The Morgan fingerprint density at radius 3 is 2.40 bits per heavy atom. The molecule has 0 fully saturated rings. The van der Waals surface area contributed by atoms with Crippen molar-refractivity contribution in [3.8, 4) is 11.1 Å². The molecule has 20 heavy (non-hydrogen) atoms. The van der Waals surface area contributed by atoms with Gasteiger partial charge in [0.15, 0.2) is 0 Å². The molecule has 2 rings (SSSR count). The van der Waals surface area contributed by atoms with Gasteiger partial charge in [-0.1, -0.05) is 37.3 Å². The van der Waals surface area contributed by atoms with Crippen LogP contribution in [0.15, 0.2) is 47.4 Å². The molecule has 0 saturated carbocycles. The van der Waals surface area contributed by atoms with Crippen LogP contribution in [0.25, 0.3) is 11.1 Å². The normalized spacial score (nSPS) is 11.5. The van der Waals surface area contributed by atoms with Gasteiger partial charge in [0.2, 0.25) is 10.0 Å². The summed E-state index contributed by atoms with van der Waals surface area (Å²) < 4.78 is 26.5. The number of nitrogens with one attached hydrogen (secondary N) is 1. The van der Waals surface area contributed by atoms with Crippen LogP contribution in [0.5, 0.6) is 0 Å². The lowest BCUT2D eigenvalue weighted by atomic mass is 10.0. The summed E-state index contributed by atoms with van der Waals surface area (Å²) in [6, 6.07) is 12.6. The zero-order valence-electron chi connectivity index (χ0n) is 11.6. The number of rotatable bonds is 4. The maximum absolute atomic E-state index is 12.1. The summed E-state index contributed by atoms with van der Waals surface area (Å²) in [5, 5.41) is 0. The predicted octanol–water partition coefficient (Wildman–Crippen LogP) is 2.41. The van der Waals surface area contributed by atoms with Crippen molar-refractivity contribution in [2.75, 3.05) is 12.8 Å². The molecular formula is C15H18N2O2S. The molecule has 2 aromatic rings. The highest BCUT2D eigenvalue weighted by atomic mass is 32.2. The van der Waals surface area contributed by atoms with Gasteiger partial charge in [0, 0.05) is 16.8 Å². The van der Waals surface area contributed by atoms with Crippen LogP contribution in [-0.4, -0.2) is 15.5 Å². The lowest BCUT2D eigenvalue weighted by Gasteiger charge is -2.12. The fourth-order valence-electron chi connectivity index (χ4n) is 2.11. The molecule has 3 N–H and O–H groups in total. The smallest absolute Gasteiger partial charge is 0.240 e. The lowest BCUT2D eigenvalue weighted by molar-refractivity contribution is 0.588. The zero-order valence-corrected chi connectivity index (χ0v) is 12.4. The summed E-state index contributed by atoms with van der Waals surface area (Å²) in [4.78, 5) is 0.235. The second kappa shape index (κ2) is 5.64. The summed E-state index contributed by atoms with van der Waals surface area (Å²) in [5.74, 6) is 0. The largest absolute Gasteiger partial charge is 0.398 e. The molecule has 0 radical (unpaired) electrons. The average Bonchev–Trinajstić information content (AvgIpc) is 2.47. The Kier molecular flexibility index (Phi) is 4.11. The fraction of sp³-hybridized carbons (Fsp3) is 0.200. The Balaban J connectivity index is 2.65. The minimum atomic E-state index is -3.51. The fourth-order valence-corrected chi connectivity index (χ4v) is 3.06. The van der Waals surface area contributed by atoms with E-state index in [2.05, 4.69) is 4.72 Å². The number of nitrogen functional groups attached to an aromatic ring is 1. The summed E-state index contributed by atoms with van der Waals surface area (Å²) >= 11 is 0. The molecule has 0 aliphatic heterocycles. The van der Waals surface area contributed by atoms with Crippen LogP contribution in [0, 0.1) is 0 Å². The molecule has 0 atom stereocenters. The molecule has 0 saturated heterocycles. The SMILES string of the molecule is CCc1ccc(-c2ccccc2S(=O)(=O)NC)c(N)c1. The van der Waals surface area contributed by atoms with Gasteiger partial charge in [-0.05, 0) is 31.2 Å². The van der Waals surface area contributed by atoms with E-state index < -0.39 is 10.0 Å². The first-order valence-electron chi connectivity index (χ1n) is 6.41. The van der Waals surface area contributed by atoms with E-state index in [1.165, 1.54) is 7.05 Å². The van der Waals surface area contributed by atoms with Crippen LogP contribution < -0.4 is 10.5 Å². The summed E-state index contributed by atoms with van der Waals surface area (Å²) in [6.07, 6.45) is 0.890. The third-order valence-electron chi connectivity index (χ3n) is 3.26. The van der Waals surface area contributed by atoms with Gasteiger partial charge in [0.25, 0.3) is 0 Å². The van der Waals surface area contributed by atoms with Crippen molar-refractivity contribution in [2.45, 2.75) is 18.2 Å². The molecule has 5 heteroatoms. The highest BCUT2D eigenvalue weighted by molar-refractivity contribution is 7.89. The Hall–Kier alpha value is -1.85.